The molecule has 0 aromatic carbocycles. The van der Waals surface area contributed by atoms with Gasteiger partial charge in [0.1, 0.15) is 0 Å². The van der Waals surface area contributed by atoms with Gasteiger partial charge in [-0.25, -0.2) is 0 Å². The van der Waals surface area contributed by atoms with E-state index in [9.17, 15) is 5.11 Å². The predicted molar refractivity (Wildman–Crippen MR) is 86.7 cm³/mol. The van der Waals surface area contributed by atoms with Gasteiger partial charge in [-0.05, 0) is 25.0 Å². The molecule has 0 atom stereocenters. The first-order valence-corrected chi connectivity index (χ1v) is 8.63. The van der Waals surface area contributed by atoms with Gasteiger partial charge in [0.15, 0.2) is 10.9 Å². The fraction of sp³-hybridized carbons (Fsp3) is 0.500. The third kappa shape index (κ3) is 3.28. The lowest BCUT2D eigenvalue weighted by Gasteiger charge is -2.31. The lowest BCUT2D eigenvalue weighted by atomic mass is 9.86. The van der Waals surface area contributed by atoms with Crippen LogP contribution in [0.25, 0.3) is 11.6 Å². The first kappa shape index (κ1) is 15.4. The number of allylic oxidation sites excluding steroid dienone is 1. The van der Waals surface area contributed by atoms with Crippen LogP contribution >= 0.6 is 11.8 Å². The molecule has 1 aliphatic carbocycles. The van der Waals surface area contributed by atoms with Crippen LogP contribution in [-0.4, -0.2) is 31.2 Å². The summed E-state index contributed by atoms with van der Waals surface area (Å²) in [6, 6.07) is 3.70. The van der Waals surface area contributed by atoms with Crippen molar-refractivity contribution in [2.45, 2.75) is 49.4 Å². The number of thioether (sulfide) groups is 1. The molecule has 0 radical (unpaired) electrons. The predicted octanol–water partition coefficient (Wildman–Crippen LogP) is 3.51. The Balaban J connectivity index is 1.77. The van der Waals surface area contributed by atoms with Crippen molar-refractivity contribution in [2.75, 3.05) is 5.75 Å². The van der Waals surface area contributed by atoms with Crippen LogP contribution in [0.15, 0.2) is 40.6 Å². The molecule has 2 aromatic heterocycles. The molecule has 0 aliphatic heterocycles. The number of nitrogens with zero attached hydrogens (tertiary/aromatic N) is 3. The smallest absolute Gasteiger partial charge is 0.200 e. The monoisotopic (exact) mass is 319 g/mol. The van der Waals surface area contributed by atoms with E-state index in [1.54, 1.807) is 18.0 Å². The molecule has 1 aliphatic rings. The Hall–Kier alpha value is -1.53. The number of aromatic nitrogens is 3. The maximum Gasteiger partial charge on any atom is 0.200 e. The second-order valence-electron chi connectivity index (χ2n) is 5.76. The van der Waals surface area contributed by atoms with Crippen LogP contribution in [0.3, 0.4) is 0 Å². The number of hydrogen-bond acceptors (Lipinski definition) is 5. The molecular formula is C16H21N3O2S. The van der Waals surface area contributed by atoms with Crippen LogP contribution in [0.4, 0.5) is 0 Å². The minimum atomic E-state index is -0.571. The molecule has 0 saturated heterocycles. The van der Waals surface area contributed by atoms with E-state index in [4.69, 9.17) is 4.42 Å². The van der Waals surface area contributed by atoms with Gasteiger partial charge in [0.25, 0.3) is 0 Å². The highest BCUT2D eigenvalue weighted by molar-refractivity contribution is 7.99. The van der Waals surface area contributed by atoms with Gasteiger partial charge in [-0.3, -0.25) is 4.57 Å². The quantitative estimate of drug-likeness (QED) is 0.652. The van der Waals surface area contributed by atoms with Crippen molar-refractivity contribution in [1.29, 1.82) is 0 Å². The summed E-state index contributed by atoms with van der Waals surface area (Å²) >= 11 is 1.56. The van der Waals surface area contributed by atoms with Crippen molar-refractivity contribution in [1.82, 2.24) is 14.8 Å². The summed E-state index contributed by atoms with van der Waals surface area (Å²) in [5, 5.41) is 19.9. The Morgan fingerprint density at radius 2 is 2.18 bits per heavy atom. The third-order valence-corrected chi connectivity index (χ3v) is 5.27. The summed E-state index contributed by atoms with van der Waals surface area (Å²) in [4.78, 5) is 0. The van der Waals surface area contributed by atoms with E-state index >= 15 is 0 Å². The van der Waals surface area contributed by atoms with Gasteiger partial charge in [0.05, 0.1) is 11.9 Å². The summed E-state index contributed by atoms with van der Waals surface area (Å²) in [6.07, 6.45) is 8.63. The van der Waals surface area contributed by atoms with E-state index in [1.165, 1.54) is 6.42 Å². The zero-order valence-electron chi connectivity index (χ0n) is 12.6. The lowest BCUT2D eigenvalue weighted by Crippen LogP contribution is -2.34. The number of rotatable bonds is 6. The van der Waals surface area contributed by atoms with E-state index in [1.807, 2.05) is 22.8 Å². The Morgan fingerprint density at radius 1 is 1.36 bits per heavy atom. The minimum Gasteiger partial charge on any atom is -0.461 e. The SMILES string of the molecule is C=CCn1c(SCC2(O)CCCCC2)nnc1-c1ccco1. The Bertz CT molecular complexity index is 615. The van der Waals surface area contributed by atoms with E-state index in [0.29, 0.717) is 23.9 Å². The van der Waals surface area contributed by atoms with Crippen molar-refractivity contribution in [3.05, 3.63) is 31.1 Å². The molecule has 118 valence electrons. The molecule has 22 heavy (non-hydrogen) atoms. The number of furan rings is 1. The first-order valence-electron chi connectivity index (χ1n) is 7.65. The second-order valence-corrected chi connectivity index (χ2v) is 6.70. The minimum absolute atomic E-state index is 0.571. The molecule has 1 saturated carbocycles. The van der Waals surface area contributed by atoms with Crippen LogP contribution < -0.4 is 0 Å². The normalized spacial score (nSPS) is 17.5. The topological polar surface area (TPSA) is 64.1 Å². The largest absolute Gasteiger partial charge is 0.461 e. The molecule has 3 rings (SSSR count). The van der Waals surface area contributed by atoms with E-state index in [0.717, 1.165) is 30.8 Å². The molecule has 6 heteroatoms. The summed E-state index contributed by atoms with van der Waals surface area (Å²) < 4.78 is 7.39. The molecule has 1 N–H and O–H groups in total. The van der Waals surface area contributed by atoms with Crippen molar-refractivity contribution < 1.29 is 9.52 Å². The highest BCUT2D eigenvalue weighted by atomic mass is 32.2. The molecule has 1 fully saturated rings. The second kappa shape index (κ2) is 6.71. The summed E-state index contributed by atoms with van der Waals surface area (Å²) in [5.74, 6) is 2.04. The molecule has 2 aromatic rings. The molecule has 0 amide bonds. The van der Waals surface area contributed by atoms with Crippen LogP contribution in [0.5, 0.6) is 0 Å². The average molecular weight is 319 g/mol. The zero-order valence-corrected chi connectivity index (χ0v) is 13.4. The molecular weight excluding hydrogens is 298 g/mol. The van der Waals surface area contributed by atoms with Crippen LogP contribution in [0, 0.1) is 0 Å². The maximum absolute atomic E-state index is 10.6. The van der Waals surface area contributed by atoms with Gasteiger partial charge in [0, 0.05) is 12.3 Å². The standard InChI is InChI=1S/C16H21N3O2S/c1-2-10-19-14(13-7-6-11-21-13)17-18-15(19)22-12-16(20)8-4-3-5-9-16/h2,6-7,11,20H,1,3-5,8-10,12H2. The van der Waals surface area contributed by atoms with Gasteiger partial charge in [-0.2, -0.15) is 0 Å². The van der Waals surface area contributed by atoms with Crippen molar-refractivity contribution >= 4 is 11.8 Å². The van der Waals surface area contributed by atoms with Crippen molar-refractivity contribution in [3.8, 4) is 11.6 Å². The van der Waals surface area contributed by atoms with Crippen molar-refractivity contribution in [3.63, 3.8) is 0 Å². The molecule has 0 bridgehead atoms. The summed E-state index contributed by atoms with van der Waals surface area (Å²) in [7, 11) is 0. The van der Waals surface area contributed by atoms with Crippen LogP contribution in [-0.2, 0) is 6.54 Å². The van der Waals surface area contributed by atoms with Gasteiger partial charge < -0.3 is 9.52 Å². The lowest BCUT2D eigenvalue weighted by molar-refractivity contribution is 0.0272. The maximum atomic E-state index is 10.6. The van der Waals surface area contributed by atoms with Crippen LogP contribution in [0.1, 0.15) is 32.1 Å². The molecule has 0 spiro atoms. The highest BCUT2D eigenvalue weighted by Crippen LogP contribution is 2.34. The van der Waals surface area contributed by atoms with Gasteiger partial charge >= 0.3 is 0 Å². The number of hydrogen-bond donors (Lipinski definition) is 1. The van der Waals surface area contributed by atoms with E-state index in [-0.39, 0.29) is 0 Å². The van der Waals surface area contributed by atoms with Gasteiger partial charge in [-0.1, -0.05) is 37.1 Å². The Kier molecular flexibility index (Phi) is 4.69. The average Bonchev–Trinajstić information content (AvgIpc) is 3.16. The summed E-state index contributed by atoms with van der Waals surface area (Å²) in [6.45, 7) is 4.41. The van der Waals surface area contributed by atoms with E-state index in [2.05, 4.69) is 16.8 Å². The third-order valence-electron chi connectivity index (χ3n) is 4.02. The fourth-order valence-corrected chi connectivity index (χ4v) is 3.93. The fourth-order valence-electron chi connectivity index (χ4n) is 2.83. The molecule has 2 heterocycles. The Labute approximate surface area is 134 Å². The van der Waals surface area contributed by atoms with Gasteiger partial charge in [-0.15, -0.1) is 16.8 Å². The van der Waals surface area contributed by atoms with Crippen LogP contribution in [0.2, 0.25) is 0 Å². The van der Waals surface area contributed by atoms with Crippen molar-refractivity contribution in [2.24, 2.45) is 0 Å². The van der Waals surface area contributed by atoms with E-state index < -0.39 is 5.60 Å². The van der Waals surface area contributed by atoms with Gasteiger partial charge in [0.2, 0.25) is 5.82 Å². The zero-order chi connectivity index (χ0) is 15.4. The Morgan fingerprint density at radius 3 is 2.86 bits per heavy atom. The summed E-state index contributed by atoms with van der Waals surface area (Å²) in [5.41, 5.74) is -0.571. The highest BCUT2D eigenvalue weighted by Gasteiger charge is 2.30. The first-order chi connectivity index (χ1) is 10.7. The molecule has 5 nitrogen and oxygen atoms in total. The molecule has 0 unspecified atom stereocenters. The number of aliphatic hydroxyl groups is 1.